The van der Waals surface area contributed by atoms with E-state index in [1.165, 1.54) is 0 Å². The summed E-state index contributed by atoms with van der Waals surface area (Å²) in [5, 5.41) is 2.09. The minimum Gasteiger partial charge on any atom is -0.464 e. The summed E-state index contributed by atoms with van der Waals surface area (Å²) in [4.78, 5) is 62.1. The molecule has 0 spiro atoms. The average molecular weight is 489 g/mol. The van der Waals surface area contributed by atoms with Gasteiger partial charge in [-0.2, -0.15) is 25.3 Å². The molecule has 33 heavy (non-hydrogen) atoms. The van der Waals surface area contributed by atoms with Crippen molar-refractivity contribution in [3.63, 3.8) is 0 Å². The highest BCUT2D eigenvalue weighted by Gasteiger charge is 2.31. The summed E-state index contributed by atoms with van der Waals surface area (Å²) >= 11 is 8.15. The van der Waals surface area contributed by atoms with Crippen molar-refractivity contribution in [3.8, 4) is 0 Å². The van der Waals surface area contributed by atoms with Crippen molar-refractivity contribution < 1.29 is 28.7 Å². The number of rotatable bonds is 11. The molecule has 2 amide bonds. The zero-order valence-corrected chi connectivity index (χ0v) is 19.6. The van der Waals surface area contributed by atoms with Gasteiger partial charge in [-0.05, 0) is 6.92 Å². The second-order valence-electron chi connectivity index (χ2n) is 6.82. The Bertz CT molecular complexity index is 1000. The van der Waals surface area contributed by atoms with E-state index in [2.05, 4.69) is 35.9 Å². The lowest BCUT2D eigenvalue weighted by Crippen LogP contribution is -2.53. The topological polar surface area (TPSA) is 119 Å². The van der Waals surface area contributed by atoms with E-state index >= 15 is 0 Å². The monoisotopic (exact) mass is 488 g/mol. The highest BCUT2D eigenvalue weighted by atomic mass is 32.1. The van der Waals surface area contributed by atoms with Crippen molar-refractivity contribution in [1.29, 1.82) is 0 Å². The van der Waals surface area contributed by atoms with Gasteiger partial charge in [0.05, 0.1) is 6.61 Å². The molecule has 0 bridgehead atoms. The molecule has 0 radical (unpaired) electrons. The normalized spacial score (nSPS) is 13.2. The molecule has 2 aromatic rings. The number of amides is 2. The molecule has 2 N–H and O–H groups in total. The van der Waals surface area contributed by atoms with Crippen molar-refractivity contribution in [2.24, 2.45) is 0 Å². The number of thiol groups is 2. The average Bonchev–Trinajstić information content (AvgIpc) is 2.85. The Morgan fingerprint density at radius 3 is 1.70 bits per heavy atom. The number of carbonyl (C=O) groups excluding carboxylic acids is 5. The largest absolute Gasteiger partial charge is 0.464 e. The van der Waals surface area contributed by atoms with Gasteiger partial charge in [-0.1, -0.05) is 60.7 Å². The first kappa shape index (κ1) is 26.1. The van der Waals surface area contributed by atoms with Gasteiger partial charge in [0, 0.05) is 17.7 Å². The lowest BCUT2D eigenvalue weighted by Gasteiger charge is -2.20. The predicted molar refractivity (Wildman–Crippen MR) is 129 cm³/mol. The number of hydrogen-bond donors (Lipinski definition) is 4. The Hall–Kier alpha value is -3.11. The number of ether oxygens (including phenoxy) is 1. The van der Waals surface area contributed by atoms with Crippen LogP contribution in [0.15, 0.2) is 60.7 Å². The maximum Gasteiger partial charge on any atom is 0.330 e. The van der Waals surface area contributed by atoms with Crippen molar-refractivity contribution in [2.75, 3.05) is 13.2 Å². The van der Waals surface area contributed by atoms with E-state index in [0.29, 0.717) is 5.56 Å². The first-order valence-corrected chi connectivity index (χ1v) is 11.1. The number of benzene rings is 2. The Morgan fingerprint density at radius 1 is 0.788 bits per heavy atom. The molecule has 174 valence electrons. The van der Waals surface area contributed by atoms with E-state index in [9.17, 15) is 24.0 Å². The zero-order chi connectivity index (χ0) is 24.4. The molecule has 2 rings (SSSR count). The molecule has 0 aliphatic heterocycles. The van der Waals surface area contributed by atoms with Crippen LogP contribution in [-0.2, 0) is 19.1 Å². The number of hydrogen-bond acceptors (Lipinski definition) is 8. The third-order valence-corrected chi connectivity index (χ3v) is 5.42. The van der Waals surface area contributed by atoms with Crippen LogP contribution in [0.25, 0.3) is 0 Å². The summed E-state index contributed by atoms with van der Waals surface area (Å²) < 4.78 is 4.94. The van der Waals surface area contributed by atoms with Crippen LogP contribution in [0, 0.1) is 0 Å². The number of ketones is 2. The van der Waals surface area contributed by atoms with E-state index < -0.39 is 45.9 Å². The van der Waals surface area contributed by atoms with Crippen molar-refractivity contribution in [3.05, 3.63) is 71.8 Å². The van der Waals surface area contributed by atoms with E-state index in [1.54, 1.807) is 67.6 Å². The van der Waals surface area contributed by atoms with Gasteiger partial charge < -0.3 is 15.4 Å². The lowest BCUT2D eigenvalue weighted by atomic mass is 10.1. The summed E-state index contributed by atoms with van der Waals surface area (Å²) in [5.74, 6) is -3.46. The fraction of sp³-hybridized carbons (Fsp3) is 0.261. The minimum absolute atomic E-state index is 0.0358. The predicted octanol–water partition coefficient (Wildman–Crippen LogP) is 1.51. The number of nitrogens with one attached hydrogen (secondary N) is 2. The number of carbonyl (C=O) groups is 5. The van der Waals surface area contributed by atoms with Crippen LogP contribution in [0.4, 0.5) is 0 Å². The maximum absolute atomic E-state index is 12.6. The van der Waals surface area contributed by atoms with Gasteiger partial charge in [0.1, 0.15) is 16.5 Å². The highest BCUT2D eigenvalue weighted by molar-refractivity contribution is 7.83. The molecule has 10 heteroatoms. The van der Waals surface area contributed by atoms with Gasteiger partial charge in [0.2, 0.25) is 11.8 Å². The van der Waals surface area contributed by atoms with E-state index in [0.717, 1.165) is 0 Å². The quantitative estimate of drug-likeness (QED) is 0.165. The van der Waals surface area contributed by atoms with Gasteiger partial charge in [-0.25, -0.2) is 4.79 Å². The molecule has 0 saturated heterocycles. The molecular weight excluding hydrogens is 464 g/mol. The van der Waals surface area contributed by atoms with Crippen LogP contribution in [0.5, 0.6) is 0 Å². The molecule has 0 fully saturated rings. The van der Waals surface area contributed by atoms with Gasteiger partial charge in [-0.15, -0.1) is 0 Å². The highest BCUT2D eigenvalue weighted by Crippen LogP contribution is 2.10. The van der Waals surface area contributed by atoms with Crippen LogP contribution in [0.2, 0.25) is 0 Å². The summed E-state index contributed by atoms with van der Waals surface area (Å²) in [7, 11) is 0. The van der Waals surface area contributed by atoms with Crippen LogP contribution in [0.3, 0.4) is 0 Å². The Balaban J connectivity index is 2.03. The molecule has 2 aromatic carbocycles. The maximum atomic E-state index is 12.6. The first-order valence-electron chi connectivity index (χ1n) is 10.1. The van der Waals surface area contributed by atoms with Gasteiger partial charge in [-0.3, -0.25) is 19.2 Å². The summed E-state index contributed by atoms with van der Waals surface area (Å²) in [6, 6.07) is 14.9. The van der Waals surface area contributed by atoms with Crippen LogP contribution in [-0.4, -0.2) is 59.0 Å². The molecule has 8 nitrogen and oxygen atoms in total. The second-order valence-corrected chi connectivity index (χ2v) is 7.86. The van der Waals surface area contributed by atoms with Crippen molar-refractivity contribution in [1.82, 2.24) is 10.6 Å². The zero-order valence-electron chi connectivity index (χ0n) is 17.8. The molecule has 0 aromatic heterocycles. The second kappa shape index (κ2) is 12.8. The Labute approximate surface area is 202 Å². The van der Waals surface area contributed by atoms with Crippen LogP contribution in [0.1, 0.15) is 27.6 Å². The SMILES string of the molecule is CCOC(=O)C(CNC(=O)C(S)C(=O)c1ccccc1)NC(=O)C(S)C(=O)c1ccccc1. The Morgan fingerprint density at radius 2 is 1.24 bits per heavy atom. The fourth-order valence-corrected chi connectivity index (χ4v) is 3.21. The smallest absolute Gasteiger partial charge is 0.330 e. The molecule has 3 atom stereocenters. The summed E-state index contributed by atoms with van der Waals surface area (Å²) in [6.45, 7) is 1.24. The van der Waals surface area contributed by atoms with Crippen LogP contribution < -0.4 is 10.6 Å². The van der Waals surface area contributed by atoms with Gasteiger partial charge in [0.25, 0.3) is 0 Å². The van der Waals surface area contributed by atoms with E-state index in [4.69, 9.17) is 4.74 Å². The molecular formula is C23H24N2O6S2. The van der Waals surface area contributed by atoms with Crippen molar-refractivity contribution in [2.45, 2.75) is 23.5 Å². The number of esters is 1. The first-order chi connectivity index (χ1) is 15.8. The lowest BCUT2D eigenvalue weighted by molar-refractivity contribution is -0.147. The minimum atomic E-state index is -1.38. The fourth-order valence-electron chi connectivity index (χ4n) is 2.74. The van der Waals surface area contributed by atoms with Crippen molar-refractivity contribution >= 4 is 54.6 Å². The number of Topliss-reactive ketones (excluding diaryl/α,β-unsaturated/α-hetero) is 2. The third-order valence-electron chi connectivity index (χ3n) is 4.48. The molecule has 0 heterocycles. The Kier molecular flexibility index (Phi) is 10.1. The van der Waals surface area contributed by atoms with Gasteiger partial charge in [0.15, 0.2) is 11.6 Å². The molecule has 0 aliphatic rings. The van der Waals surface area contributed by atoms with Gasteiger partial charge >= 0.3 is 5.97 Å². The van der Waals surface area contributed by atoms with Crippen LogP contribution >= 0.6 is 25.3 Å². The third kappa shape index (κ3) is 7.47. The molecule has 3 unspecified atom stereocenters. The molecule has 0 aliphatic carbocycles. The standard InChI is InChI=1S/C23H24N2O6S2/c1-2-31-23(30)16(25-22(29)20(33)18(27)15-11-7-4-8-12-15)13-24-21(28)19(32)17(26)14-9-5-3-6-10-14/h3-12,16,19-20,32-33H,2,13H2,1H3,(H,24,28)(H,25,29). The van der Waals surface area contributed by atoms with E-state index in [-0.39, 0.29) is 18.7 Å². The summed E-state index contributed by atoms with van der Waals surface area (Å²) in [6.07, 6.45) is 0. The summed E-state index contributed by atoms with van der Waals surface area (Å²) in [5.41, 5.74) is 0.589. The molecule has 0 saturated carbocycles. The van der Waals surface area contributed by atoms with E-state index in [1.807, 2.05) is 0 Å².